The molecular weight excluding hydrogens is 326 g/mol. The van der Waals surface area contributed by atoms with E-state index in [-0.39, 0.29) is 22.8 Å². The van der Waals surface area contributed by atoms with Crippen molar-refractivity contribution in [3.8, 4) is 0 Å². The van der Waals surface area contributed by atoms with E-state index in [1.165, 1.54) is 0 Å². The van der Waals surface area contributed by atoms with Crippen molar-refractivity contribution in [2.24, 2.45) is 5.92 Å². The molecule has 0 saturated heterocycles. The molecule has 6 nitrogen and oxygen atoms in total. The van der Waals surface area contributed by atoms with Gasteiger partial charge in [-0.15, -0.1) is 0 Å². The number of benzene rings is 1. The van der Waals surface area contributed by atoms with E-state index in [4.69, 9.17) is 17.0 Å². The minimum atomic E-state index is -0.134. The predicted octanol–water partition coefficient (Wildman–Crippen LogP) is 2.31. The van der Waals surface area contributed by atoms with Gasteiger partial charge in [-0.05, 0) is 48.8 Å². The molecule has 132 valence electrons. The van der Waals surface area contributed by atoms with Gasteiger partial charge in [-0.25, -0.2) is 0 Å². The van der Waals surface area contributed by atoms with Crippen LogP contribution < -0.4 is 16.0 Å². The summed E-state index contributed by atoms with van der Waals surface area (Å²) in [6.45, 7) is 5.12. The first-order chi connectivity index (χ1) is 11.4. The van der Waals surface area contributed by atoms with Crippen LogP contribution in [0.3, 0.4) is 0 Å². The molecule has 0 aliphatic rings. The number of hydrogen-bond acceptors (Lipinski definition) is 4. The number of anilines is 1. The van der Waals surface area contributed by atoms with E-state index in [1.807, 2.05) is 13.8 Å². The van der Waals surface area contributed by atoms with E-state index in [2.05, 4.69) is 16.0 Å². The Morgan fingerprint density at radius 3 is 2.46 bits per heavy atom. The average Bonchev–Trinajstić information content (AvgIpc) is 2.51. The van der Waals surface area contributed by atoms with Crippen LogP contribution in [0.4, 0.5) is 5.69 Å². The summed E-state index contributed by atoms with van der Waals surface area (Å²) in [5, 5.41) is 8.61. The third kappa shape index (κ3) is 8.03. The molecule has 2 amide bonds. The molecule has 1 rings (SSSR count). The Balaban J connectivity index is 2.45. The summed E-state index contributed by atoms with van der Waals surface area (Å²) in [5.41, 5.74) is 1.27. The highest BCUT2D eigenvalue weighted by atomic mass is 32.1. The van der Waals surface area contributed by atoms with Crippen LogP contribution in [-0.4, -0.2) is 37.2 Å². The number of thiocarbonyl (C=S) groups is 1. The highest BCUT2D eigenvalue weighted by Crippen LogP contribution is 2.09. The third-order valence-corrected chi connectivity index (χ3v) is 3.27. The van der Waals surface area contributed by atoms with Crippen LogP contribution in [0.25, 0.3) is 0 Å². The van der Waals surface area contributed by atoms with Crippen molar-refractivity contribution in [1.29, 1.82) is 0 Å². The summed E-state index contributed by atoms with van der Waals surface area (Å²) in [7, 11) is 1.63. The van der Waals surface area contributed by atoms with E-state index in [0.717, 1.165) is 6.42 Å². The normalized spacial score (nSPS) is 10.3. The molecule has 0 bridgehead atoms. The summed E-state index contributed by atoms with van der Waals surface area (Å²) >= 11 is 5.10. The lowest BCUT2D eigenvalue weighted by Gasteiger charge is -2.11. The van der Waals surface area contributed by atoms with Gasteiger partial charge < -0.3 is 20.7 Å². The van der Waals surface area contributed by atoms with Crippen LogP contribution in [0.2, 0.25) is 0 Å². The van der Waals surface area contributed by atoms with Crippen molar-refractivity contribution in [3.63, 3.8) is 0 Å². The highest BCUT2D eigenvalue weighted by molar-refractivity contribution is 7.80. The Morgan fingerprint density at radius 1 is 1.21 bits per heavy atom. The zero-order chi connectivity index (χ0) is 17.9. The fourth-order valence-corrected chi connectivity index (χ4v) is 2.17. The number of ether oxygens (including phenoxy) is 1. The lowest BCUT2D eigenvalue weighted by molar-refractivity contribution is -0.120. The number of amides is 2. The van der Waals surface area contributed by atoms with Gasteiger partial charge in [0.25, 0.3) is 5.91 Å². The van der Waals surface area contributed by atoms with E-state index in [9.17, 15) is 9.59 Å². The number of hydrogen-bond donors (Lipinski definition) is 3. The van der Waals surface area contributed by atoms with E-state index >= 15 is 0 Å². The number of carbonyl (C=O) groups is 2. The first-order valence-electron chi connectivity index (χ1n) is 7.90. The molecular formula is C17H25N3O3S. The van der Waals surface area contributed by atoms with Crippen LogP contribution in [0.5, 0.6) is 0 Å². The van der Waals surface area contributed by atoms with Crippen LogP contribution in [0.15, 0.2) is 24.3 Å². The maximum absolute atomic E-state index is 11.9. The molecule has 0 unspecified atom stereocenters. The maximum atomic E-state index is 11.9. The number of carbonyl (C=O) groups excluding carboxylic acids is 2. The zero-order valence-electron chi connectivity index (χ0n) is 14.3. The average molecular weight is 351 g/mol. The predicted molar refractivity (Wildman–Crippen MR) is 99.1 cm³/mol. The fourth-order valence-electron chi connectivity index (χ4n) is 1.94. The minimum absolute atomic E-state index is 0.116. The first kappa shape index (κ1) is 20.1. The molecule has 0 spiro atoms. The Kier molecular flexibility index (Phi) is 8.96. The maximum Gasteiger partial charge on any atom is 0.251 e. The molecule has 0 aromatic heterocycles. The summed E-state index contributed by atoms with van der Waals surface area (Å²) in [4.78, 5) is 23.6. The van der Waals surface area contributed by atoms with Gasteiger partial charge >= 0.3 is 0 Å². The summed E-state index contributed by atoms with van der Waals surface area (Å²) < 4.78 is 4.93. The van der Waals surface area contributed by atoms with Gasteiger partial charge in [0, 0.05) is 37.9 Å². The van der Waals surface area contributed by atoms with Crippen LogP contribution in [-0.2, 0) is 9.53 Å². The van der Waals surface area contributed by atoms with E-state index < -0.39 is 0 Å². The lowest BCUT2D eigenvalue weighted by Crippen LogP contribution is -2.34. The number of methoxy groups -OCH3 is 1. The van der Waals surface area contributed by atoms with Gasteiger partial charge in [-0.2, -0.15) is 0 Å². The molecule has 0 heterocycles. The van der Waals surface area contributed by atoms with Crippen molar-refractivity contribution in [2.45, 2.75) is 26.7 Å². The minimum Gasteiger partial charge on any atom is -0.385 e. The molecule has 7 heteroatoms. The molecule has 0 aliphatic carbocycles. The van der Waals surface area contributed by atoms with Crippen LogP contribution in [0, 0.1) is 5.92 Å². The number of nitrogens with one attached hydrogen (secondary N) is 3. The molecule has 0 radical (unpaired) electrons. The Labute approximate surface area is 148 Å². The van der Waals surface area contributed by atoms with Crippen molar-refractivity contribution >= 4 is 34.8 Å². The van der Waals surface area contributed by atoms with E-state index in [1.54, 1.807) is 31.4 Å². The molecule has 0 fully saturated rings. The standard InChI is InChI=1S/C17H25N3O3S/c1-12(2)11-15(21)20-17(24)19-14-7-5-13(6-8-14)16(22)18-9-4-10-23-3/h5-8,12H,4,9-11H2,1-3H3,(H,18,22)(H2,19,20,21,24). The molecule has 0 aliphatic heterocycles. The SMILES string of the molecule is COCCCNC(=O)c1ccc(NC(=S)NC(=O)CC(C)C)cc1. The summed E-state index contributed by atoms with van der Waals surface area (Å²) in [5.74, 6) is 0.0227. The first-order valence-corrected chi connectivity index (χ1v) is 8.31. The van der Waals surface area contributed by atoms with Crippen LogP contribution in [0.1, 0.15) is 37.0 Å². The molecule has 0 saturated carbocycles. The lowest BCUT2D eigenvalue weighted by atomic mass is 10.1. The Morgan fingerprint density at radius 2 is 1.88 bits per heavy atom. The van der Waals surface area contributed by atoms with Crippen LogP contribution >= 0.6 is 12.2 Å². The van der Waals surface area contributed by atoms with Crippen molar-refractivity contribution in [3.05, 3.63) is 29.8 Å². The topological polar surface area (TPSA) is 79.5 Å². The molecule has 1 aromatic rings. The molecule has 24 heavy (non-hydrogen) atoms. The second kappa shape index (κ2) is 10.7. The third-order valence-electron chi connectivity index (χ3n) is 3.06. The zero-order valence-corrected chi connectivity index (χ0v) is 15.2. The van der Waals surface area contributed by atoms with Crippen molar-refractivity contribution < 1.29 is 14.3 Å². The highest BCUT2D eigenvalue weighted by Gasteiger charge is 2.08. The second-order valence-corrected chi connectivity index (χ2v) is 6.19. The largest absolute Gasteiger partial charge is 0.385 e. The van der Waals surface area contributed by atoms with E-state index in [0.29, 0.717) is 30.8 Å². The molecule has 1 aromatic carbocycles. The smallest absolute Gasteiger partial charge is 0.251 e. The molecule has 3 N–H and O–H groups in total. The number of rotatable bonds is 8. The molecule has 0 atom stereocenters. The quantitative estimate of drug-likeness (QED) is 0.495. The van der Waals surface area contributed by atoms with Gasteiger partial charge in [0.05, 0.1) is 0 Å². The summed E-state index contributed by atoms with van der Waals surface area (Å²) in [6.07, 6.45) is 1.19. The van der Waals surface area contributed by atoms with Gasteiger partial charge in [0.1, 0.15) is 0 Å². The Bertz CT molecular complexity index is 559. The van der Waals surface area contributed by atoms with Crippen molar-refractivity contribution in [1.82, 2.24) is 10.6 Å². The van der Waals surface area contributed by atoms with Gasteiger partial charge in [0.2, 0.25) is 5.91 Å². The Hall–Kier alpha value is -1.99. The summed E-state index contributed by atoms with van der Waals surface area (Å²) in [6, 6.07) is 6.88. The van der Waals surface area contributed by atoms with Gasteiger partial charge in [-0.3, -0.25) is 9.59 Å². The second-order valence-electron chi connectivity index (χ2n) is 5.78. The fraction of sp³-hybridized carbons (Fsp3) is 0.471. The van der Waals surface area contributed by atoms with Crippen molar-refractivity contribution in [2.75, 3.05) is 25.6 Å². The van der Waals surface area contributed by atoms with Gasteiger partial charge in [-0.1, -0.05) is 13.8 Å². The van der Waals surface area contributed by atoms with Gasteiger partial charge in [0.15, 0.2) is 5.11 Å². The monoisotopic (exact) mass is 351 g/mol.